The molecule has 94 valence electrons. The van der Waals surface area contributed by atoms with Crippen molar-refractivity contribution in [1.29, 1.82) is 0 Å². The fraction of sp³-hybridized carbons (Fsp3) is 0.200. The number of aliphatic hydroxyl groups excluding tert-OH is 1. The van der Waals surface area contributed by atoms with Crippen molar-refractivity contribution in [2.45, 2.75) is 6.42 Å². The van der Waals surface area contributed by atoms with Gasteiger partial charge in [0.15, 0.2) is 0 Å². The fourth-order valence-corrected chi connectivity index (χ4v) is 2.15. The van der Waals surface area contributed by atoms with Crippen LogP contribution in [0, 0.1) is 0 Å². The second kappa shape index (κ2) is 5.89. The minimum Gasteiger partial charge on any atom is -0.497 e. The quantitative estimate of drug-likeness (QED) is 0.913. The predicted octanol–water partition coefficient (Wildman–Crippen LogP) is 3.55. The summed E-state index contributed by atoms with van der Waals surface area (Å²) in [6, 6.07) is 13.6. The first-order chi connectivity index (χ1) is 8.74. The number of halogens is 1. The van der Waals surface area contributed by atoms with Crippen molar-refractivity contribution in [2.75, 3.05) is 13.7 Å². The van der Waals surface area contributed by atoms with Gasteiger partial charge in [-0.3, -0.25) is 0 Å². The van der Waals surface area contributed by atoms with Crippen molar-refractivity contribution in [3.05, 3.63) is 53.1 Å². The van der Waals surface area contributed by atoms with E-state index in [1.807, 2.05) is 42.5 Å². The third-order valence-electron chi connectivity index (χ3n) is 2.79. The second-order valence-corrected chi connectivity index (χ2v) is 4.43. The topological polar surface area (TPSA) is 29.5 Å². The van der Waals surface area contributed by atoms with E-state index >= 15 is 0 Å². The molecule has 0 saturated heterocycles. The molecule has 2 nitrogen and oxygen atoms in total. The van der Waals surface area contributed by atoms with Crippen LogP contribution in [0.1, 0.15) is 5.56 Å². The average molecular weight is 263 g/mol. The molecule has 0 fully saturated rings. The van der Waals surface area contributed by atoms with Gasteiger partial charge < -0.3 is 9.84 Å². The number of rotatable bonds is 4. The Labute approximate surface area is 112 Å². The molecule has 0 aliphatic carbocycles. The SMILES string of the molecule is COc1cc(CCO)cc(-c2ccccc2Cl)c1. The molecule has 0 bridgehead atoms. The molecule has 0 aromatic heterocycles. The summed E-state index contributed by atoms with van der Waals surface area (Å²) in [7, 11) is 1.63. The van der Waals surface area contributed by atoms with E-state index in [1.54, 1.807) is 7.11 Å². The van der Waals surface area contributed by atoms with Crippen molar-refractivity contribution < 1.29 is 9.84 Å². The third kappa shape index (κ3) is 2.84. The van der Waals surface area contributed by atoms with Crippen LogP contribution in [0.5, 0.6) is 5.75 Å². The van der Waals surface area contributed by atoms with Gasteiger partial charge in [-0.15, -0.1) is 0 Å². The van der Waals surface area contributed by atoms with E-state index in [0.29, 0.717) is 11.4 Å². The zero-order chi connectivity index (χ0) is 13.0. The molecule has 2 aromatic carbocycles. The summed E-state index contributed by atoms with van der Waals surface area (Å²) in [4.78, 5) is 0. The zero-order valence-electron chi connectivity index (χ0n) is 10.2. The van der Waals surface area contributed by atoms with Gasteiger partial charge >= 0.3 is 0 Å². The standard InChI is InChI=1S/C15H15ClO2/c1-18-13-9-11(6-7-17)8-12(10-13)14-4-2-3-5-15(14)16/h2-5,8-10,17H,6-7H2,1H3. The maximum absolute atomic E-state index is 9.03. The average Bonchev–Trinajstić information content (AvgIpc) is 2.39. The van der Waals surface area contributed by atoms with Gasteiger partial charge in [0.1, 0.15) is 5.75 Å². The van der Waals surface area contributed by atoms with E-state index in [9.17, 15) is 0 Å². The summed E-state index contributed by atoms with van der Waals surface area (Å²) in [5.74, 6) is 0.774. The molecule has 0 spiro atoms. The summed E-state index contributed by atoms with van der Waals surface area (Å²) in [5.41, 5.74) is 3.01. The molecule has 3 heteroatoms. The fourth-order valence-electron chi connectivity index (χ4n) is 1.90. The molecule has 0 amide bonds. The van der Waals surface area contributed by atoms with E-state index in [-0.39, 0.29) is 6.61 Å². The van der Waals surface area contributed by atoms with Gasteiger partial charge in [0.05, 0.1) is 7.11 Å². The van der Waals surface area contributed by atoms with Crippen molar-refractivity contribution >= 4 is 11.6 Å². The van der Waals surface area contributed by atoms with Crippen LogP contribution in [0.25, 0.3) is 11.1 Å². The van der Waals surface area contributed by atoms with E-state index in [2.05, 4.69) is 0 Å². The molecule has 18 heavy (non-hydrogen) atoms. The van der Waals surface area contributed by atoms with Gasteiger partial charge in [-0.1, -0.05) is 35.9 Å². The van der Waals surface area contributed by atoms with Crippen LogP contribution in [0.15, 0.2) is 42.5 Å². The van der Waals surface area contributed by atoms with Crippen molar-refractivity contribution in [3.8, 4) is 16.9 Å². The highest BCUT2D eigenvalue weighted by atomic mass is 35.5. The molecule has 0 saturated carbocycles. The summed E-state index contributed by atoms with van der Waals surface area (Å²) >= 11 is 6.19. The van der Waals surface area contributed by atoms with Crippen molar-refractivity contribution in [2.24, 2.45) is 0 Å². The minimum absolute atomic E-state index is 0.120. The molecule has 0 atom stereocenters. The molecule has 2 rings (SSSR count). The first-order valence-electron chi connectivity index (χ1n) is 5.78. The molecule has 0 aliphatic rings. The molecule has 0 unspecified atom stereocenters. The van der Waals surface area contributed by atoms with Crippen molar-refractivity contribution in [1.82, 2.24) is 0 Å². The number of benzene rings is 2. The Kier molecular flexibility index (Phi) is 4.24. The largest absolute Gasteiger partial charge is 0.497 e. The lowest BCUT2D eigenvalue weighted by Gasteiger charge is -2.10. The van der Waals surface area contributed by atoms with Crippen LogP contribution in [-0.2, 0) is 6.42 Å². The van der Waals surface area contributed by atoms with Gasteiger partial charge in [-0.2, -0.15) is 0 Å². The number of ether oxygens (including phenoxy) is 1. The van der Waals surface area contributed by atoms with Crippen molar-refractivity contribution in [3.63, 3.8) is 0 Å². The van der Waals surface area contributed by atoms with Crippen LogP contribution in [0.3, 0.4) is 0 Å². The van der Waals surface area contributed by atoms with E-state index in [1.165, 1.54) is 0 Å². The van der Waals surface area contributed by atoms with E-state index in [0.717, 1.165) is 22.4 Å². The summed E-state index contributed by atoms with van der Waals surface area (Å²) < 4.78 is 5.28. The number of hydrogen-bond acceptors (Lipinski definition) is 2. The smallest absolute Gasteiger partial charge is 0.119 e. The van der Waals surface area contributed by atoms with Gasteiger partial charge in [0.25, 0.3) is 0 Å². The van der Waals surface area contributed by atoms with Crippen LogP contribution in [0.4, 0.5) is 0 Å². The Morgan fingerprint density at radius 1 is 1.17 bits per heavy atom. The molecule has 2 aromatic rings. The van der Waals surface area contributed by atoms with Crippen LogP contribution in [0.2, 0.25) is 5.02 Å². The number of aliphatic hydroxyl groups is 1. The van der Waals surface area contributed by atoms with Gasteiger partial charge in [0, 0.05) is 17.2 Å². The Balaban J connectivity index is 2.50. The lowest BCUT2D eigenvalue weighted by atomic mass is 10.0. The van der Waals surface area contributed by atoms with Crippen LogP contribution < -0.4 is 4.74 Å². The molecular weight excluding hydrogens is 248 g/mol. The number of hydrogen-bond donors (Lipinski definition) is 1. The molecule has 0 aliphatic heterocycles. The van der Waals surface area contributed by atoms with E-state index < -0.39 is 0 Å². The minimum atomic E-state index is 0.120. The highest BCUT2D eigenvalue weighted by Crippen LogP contribution is 2.31. The second-order valence-electron chi connectivity index (χ2n) is 4.02. The zero-order valence-corrected chi connectivity index (χ0v) is 10.9. The van der Waals surface area contributed by atoms with Crippen LogP contribution >= 0.6 is 11.6 Å². The highest BCUT2D eigenvalue weighted by molar-refractivity contribution is 6.33. The first kappa shape index (κ1) is 12.9. The predicted molar refractivity (Wildman–Crippen MR) is 74.2 cm³/mol. The molecule has 1 N–H and O–H groups in total. The highest BCUT2D eigenvalue weighted by Gasteiger charge is 2.06. The third-order valence-corrected chi connectivity index (χ3v) is 3.12. The molecule has 0 heterocycles. The van der Waals surface area contributed by atoms with Gasteiger partial charge in [0.2, 0.25) is 0 Å². The normalized spacial score (nSPS) is 10.4. The number of methoxy groups -OCH3 is 1. The monoisotopic (exact) mass is 262 g/mol. The maximum Gasteiger partial charge on any atom is 0.119 e. The first-order valence-corrected chi connectivity index (χ1v) is 6.16. The van der Waals surface area contributed by atoms with E-state index in [4.69, 9.17) is 21.4 Å². The lowest BCUT2D eigenvalue weighted by molar-refractivity contribution is 0.299. The summed E-state index contributed by atoms with van der Waals surface area (Å²) in [6.45, 7) is 0.120. The summed E-state index contributed by atoms with van der Waals surface area (Å²) in [5, 5.41) is 9.74. The Bertz CT molecular complexity index is 538. The molecular formula is C15H15ClO2. The van der Waals surface area contributed by atoms with Gasteiger partial charge in [-0.25, -0.2) is 0 Å². The molecule has 0 radical (unpaired) electrons. The lowest BCUT2D eigenvalue weighted by Crippen LogP contribution is -1.93. The maximum atomic E-state index is 9.03. The summed E-state index contributed by atoms with van der Waals surface area (Å²) in [6.07, 6.45) is 0.606. The van der Waals surface area contributed by atoms with Gasteiger partial charge in [-0.05, 0) is 35.7 Å². The Morgan fingerprint density at radius 3 is 2.61 bits per heavy atom. The Morgan fingerprint density at radius 2 is 1.94 bits per heavy atom. The Hall–Kier alpha value is -1.51. The van der Waals surface area contributed by atoms with Crippen LogP contribution in [-0.4, -0.2) is 18.8 Å².